The third-order valence-electron chi connectivity index (χ3n) is 2.24. The van der Waals surface area contributed by atoms with Gasteiger partial charge in [0.15, 0.2) is 0 Å². The van der Waals surface area contributed by atoms with Crippen LogP contribution in [0.1, 0.15) is 13.8 Å². The topological polar surface area (TPSA) is 45.0 Å². The lowest BCUT2D eigenvalue weighted by Gasteiger charge is -2.29. The van der Waals surface area contributed by atoms with Gasteiger partial charge < -0.3 is 15.6 Å². The first-order chi connectivity index (χ1) is 6.05. The van der Waals surface area contributed by atoms with Gasteiger partial charge in [-0.05, 0) is 18.0 Å². The van der Waals surface area contributed by atoms with Crippen molar-refractivity contribution in [3.05, 3.63) is 18.5 Å². The molecule has 0 bridgehead atoms. The minimum Gasteiger partial charge on any atom is -0.373 e. The number of H-pyrrole nitrogens is 1. The summed E-state index contributed by atoms with van der Waals surface area (Å²) in [5.41, 5.74) is 7.06. The maximum Gasteiger partial charge on any atom is 0.0541 e. The molecule has 0 amide bonds. The molecule has 0 aliphatic heterocycles. The van der Waals surface area contributed by atoms with Crippen molar-refractivity contribution in [2.75, 3.05) is 25.0 Å². The molecule has 13 heavy (non-hydrogen) atoms. The van der Waals surface area contributed by atoms with Gasteiger partial charge in [-0.2, -0.15) is 0 Å². The van der Waals surface area contributed by atoms with Gasteiger partial charge >= 0.3 is 0 Å². The van der Waals surface area contributed by atoms with Gasteiger partial charge in [0.25, 0.3) is 0 Å². The fourth-order valence-electron chi connectivity index (χ4n) is 1.35. The van der Waals surface area contributed by atoms with Gasteiger partial charge in [-0.15, -0.1) is 0 Å². The average molecular weight is 181 g/mol. The van der Waals surface area contributed by atoms with E-state index in [1.807, 2.05) is 12.4 Å². The van der Waals surface area contributed by atoms with Gasteiger partial charge in [0.1, 0.15) is 0 Å². The van der Waals surface area contributed by atoms with Crippen LogP contribution in [0.5, 0.6) is 0 Å². The summed E-state index contributed by atoms with van der Waals surface area (Å²) in [5, 5.41) is 0. The molecule has 3 nitrogen and oxygen atoms in total. The van der Waals surface area contributed by atoms with Crippen LogP contribution in [0.3, 0.4) is 0 Å². The summed E-state index contributed by atoms with van der Waals surface area (Å²) in [4.78, 5) is 5.25. The van der Waals surface area contributed by atoms with Crippen LogP contribution in [0.15, 0.2) is 18.5 Å². The molecule has 1 aromatic heterocycles. The van der Waals surface area contributed by atoms with Crippen LogP contribution in [0, 0.1) is 5.41 Å². The van der Waals surface area contributed by atoms with Gasteiger partial charge in [0.2, 0.25) is 0 Å². The first-order valence-electron chi connectivity index (χ1n) is 4.59. The highest BCUT2D eigenvalue weighted by molar-refractivity contribution is 5.43. The highest BCUT2D eigenvalue weighted by Crippen LogP contribution is 2.18. The van der Waals surface area contributed by atoms with Crippen molar-refractivity contribution < 1.29 is 0 Å². The van der Waals surface area contributed by atoms with E-state index in [2.05, 4.69) is 36.8 Å². The Morgan fingerprint density at radius 3 is 2.69 bits per heavy atom. The highest BCUT2D eigenvalue weighted by Gasteiger charge is 2.18. The number of hydrogen-bond donors (Lipinski definition) is 2. The highest BCUT2D eigenvalue weighted by atomic mass is 15.1. The monoisotopic (exact) mass is 181 g/mol. The Morgan fingerprint density at radius 2 is 2.23 bits per heavy atom. The van der Waals surface area contributed by atoms with Crippen LogP contribution >= 0.6 is 0 Å². The zero-order valence-electron chi connectivity index (χ0n) is 8.67. The summed E-state index contributed by atoms with van der Waals surface area (Å²) in [7, 11) is 2.08. The number of rotatable bonds is 4. The van der Waals surface area contributed by atoms with Gasteiger partial charge in [-0.1, -0.05) is 13.8 Å². The normalized spacial score (nSPS) is 11.7. The van der Waals surface area contributed by atoms with Crippen molar-refractivity contribution in [3.8, 4) is 0 Å². The largest absolute Gasteiger partial charge is 0.373 e. The summed E-state index contributed by atoms with van der Waals surface area (Å²) in [5.74, 6) is 0. The molecule has 3 N–H and O–H groups in total. The number of hydrogen-bond acceptors (Lipinski definition) is 2. The number of aromatic amines is 1. The fourth-order valence-corrected chi connectivity index (χ4v) is 1.35. The molecule has 0 aliphatic rings. The Kier molecular flexibility index (Phi) is 2.98. The van der Waals surface area contributed by atoms with E-state index in [4.69, 9.17) is 5.73 Å². The molecule has 0 saturated heterocycles. The Balaban J connectivity index is 2.56. The van der Waals surface area contributed by atoms with Crippen molar-refractivity contribution in [2.24, 2.45) is 11.1 Å². The Morgan fingerprint density at radius 1 is 1.54 bits per heavy atom. The number of nitrogens with two attached hydrogens (primary N) is 1. The second-order valence-corrected chi connectivity index (χ2v) is 4.29. The molecule has 0 spiro atoms. The Labute approximate surface area is 79.9 Å². The lowest BCUT2D eigenvalue weighted by Crippen LogP contribution is -2.36. The summed E-state index contributed by atoms with van der Waals surface area (Å²) in [6.07, 6.45) is 3.92. The van der Waals surface area contributed by atoms with Crippen molar-refractivity contribution in [1.82, 2.24) is 4.98 Å². The minimum atomic E-state index is 0.173. The van der Waals surface area contributed by atoms with Gasteiger partial charge in [0.05, 0.1) is 5.69 Å². The molecule has 0 radical (unpaired) electrons. The van der Waals surface area contributed by atoms with Gasteiger partial charge in [-0.3, -0.25) is 0 Å². The van der Waals surface area contributed by atoms with Crippen LogP contribution in [0.25, 0.3) is 0 Å². The van der Waals surface area contributed by atoms with Crippen LogP contribution in [-0.4, -0.2) is 25.1 Å². The molecule has 0 saturated carbocycles. The lowest BCUT2D eigenvalue weighted by atomic mass is 9.93. The minimum absolute atomic E-state index is 0.173. The van der Waals surface area contributed by atoms with E-state index >= 15 is 0 Å². The lowest BCUT2D eigenvalue weighted by molar-refractivity contribution is 0.385. The predicted molar refractivity (Wildman–Crippen MR) is 56.9 cm³/mol. The van der Waals surface area contributed by atoms with Gasteiger partial charge in [-0.25, -0.2) is 0 Å². The van der Waals surface area contributed by atoms with Crippen LogP contribution in [-0.2, 0) is 0 Å². The zero-order chi connectivity index (χ0) is 9.90. The molecule has 1 rings (SSSR count). The predicted octanol–water partition coefficient (Wildman–Crippen LogP) is 1.44. The van der Waals surface area contributed by atoms with Crippen molar-refractivity contribution >= 4 is 5.69 Å². The third kappa shape index (κ3) is 2.77. The zero-order valence-corrected chi connectivity index (χ0v) is 8.67. The molecular weight excluding hydrogens is 162 g/mol. The second-order valence-electron chi connectivity index (χ2n) is 4.29. The van der Waals surface area contributed by atoms with Crippen molar-refractivity contribution in [1.29, 1.82) is 0 Å². The first kappa shape index (κ1) is 10.1. The maximum absolute atomic E-state index is 5.67. The van der Waals surface area contributed by atoms with E-state index in [0.29, 0.717) is 6.54 Å². The summed E-state index contributed by atoms with van der Waals surface area (Å²) >= 11 is 0. The maximum atomic E-state index is 5.67. The molecule has 0 unspecified atom stereocenters. The quantitative estimate of drug-likeness (QED) is 0.738. The Hall–Kier alpha value is -0.960. The SMILES string of the molecule is CN(CC(C)(C)CN)c1cc[nH]c1. The number of anilines is 1. The first-order valence-corrected chi connectivity index (χ1v) is 4.59. The summed E-state index contributed by atoms with van der Waals surface area (Å²) < 4.78 is 0. The van der Waals surface area contributed by atoms with Crippen LogP contribution in [0.2, 0.25) is 0 Å². The van der Waals surface area contributed by atoms with E-state index in [0.717, 1.165) is 6.54 Å². The van der Waals surface area contributed by atoms with E-state index in [1.165, 1.54) is 5.69 Å². The Bertz CT molecular complexity index is 239. The van der Waals surface area contributed by atoms with E-state index in [-0.39, 0.29) is 5.41 Å². The molecular formula is C10H19N3. The number of nitrogens with zero attached hydrogens (tertiary/aromatic N) is 1. The fraction of sp³-hybridized carbons (Fsp3) is 0.600. The molecule has 0 atom stereocenters. The number of nitrogens with one attached hydrogen (secondary N) is 1. The van der Waals surface area contributed by atoms with Crippen molar-refractivity contribution in [2.45, 2.75) is 13.8 Å². The third-order valence-corrected chi connectivity index (χ3v) is 2.24. The average Bonchev–Trinajstić information content (AvgIpc) is 2.55. The standard InChI is InChI=1S/C10H19N3/c1-10(2,7-11)8-13(3)9-4-5-12-6-9/h4-6,12H,7-8,11H2,1-3H3. The molecule has 74 valence electrons. The van der Waals surface area contributed by atoms with E-state index in [9.17, 15) is 0 Å². The molecule has 0 aliphatic carbocycles. The van der Waals surface area contributed by atoms with E-state index in [1.54, 1.807) is 0 Å². The van der Waals surface area contributed by atoms with E-state index < -0.39 is 0 Å². The second kappa shape index (κ2) is 3.83. The molecule has 1 heterocycles. The summed E-state index contributed by atoms with van der Waals surface area (Å²) in [6.45, 7) is 6.04. The molecule has 0 fully saturated rings. The van der Waals surface area contributed by atoms with Crippen LogP contribution < -0.4 is 10.6 Å². The number of aromatic nitrogens is 1. The summed E-state index contributed by atoms with van der Waals surface area (Å²) in [6, 6.07) is 2.06. The smallest absolute Gasteiger partial charge is 0.0541 e. The molecule has 1 aromatic rings. The molecule has 3 heteroatoms. The van der Waals surface area contributed by atoms with Crippen LogP contribution in [0.4, 0.5) is 5.69 Å². The van der Waals surface area contributed by atoms with Crippen molar-refractivity contribution in [3.63, 3.8) is 0 Å². The molecule has 0 aromatic carbocycles. The van der Waals surface area contributed by atoms with Gasteiger partial charge in [0, 0.05) is 26.0 Å².